The van der Waals surface area contributed by atoms with E-state index in [-0.39, 0.29) is 11.8 Å². The van der Waals surface area contributed by atoms with E-state index in [0.717, 1.165) is 63.0 Å². The van der Waals surface area contributed by atoms with Crippen LogP contribution in [0.4, 0.5) is 0 Å². The van der Waals surface area contributed by atoms with Crippen molar-refractivity contribution in [3.63, 3.8) is 0 Å². The summed E-state index contributed by atoms with van der Waals surface area (Å²) < 4.78 is 0. The molecule has 0 bridgehead atoms. The minimum absolute atomic E-state index is 0.0564. The summed E-state index contributed by atoms with van der Waals surface area (Å²) in [5, 5.41) is 7.73. The number of halogens is 3. The van der Waals surface area contributed by atoms with Crippen molar-refractivity contribution in [3.8, 4) is 0 Å². The first kappa shape index (κ1) is 31.5. The molecule has 1 aliphatic heterocycles. The van der Waals surface area contributed by atoms with Gasteiger partial charge in [-0.2, -0.15) is 0 Å². The average molecular weight is 593 g/mol. The zero-order valence-corrected chi connectivity index (χ0v) is 25.2. The van der Waals surface area contributed by atoms with Gasteiger partial charge in [-0.05, 0) is 113 Å². The van der Waals surface area contributed by atoms with E-state index in [9.17, 15) is 9.59 Å². The van der Waals surface area contributed by atoms with Crippen molar-refractivity contribution in [1.29, 1.82) is 0 Å². The highest BCUT2D eigenvalue weighted by Crippen LogP contribution is 2.26. The number of hydrogen-bond acceptors (Lipinski definition) is 3. The number of likely N-dealkylation sites (tertiary alicyclic amines) is 1. The topological polar surface area (TPSA) is 61.4 Å². The van der Waals surface area contributed by atoms with Gasteiger partial charge >= 0.3 is 0 Å². The summed E-state index contributed by atoms with van der Waals surface area (Å²) in [7, 11) is 0. The van der Waals surface area contributed by atoms with Crippen molar-refractivity contribution in [1.82, 2.24) is 15.5 Å². The molecule has 0 unspecified atom stereocenters. The number of carbonyl (C=O) groups is 2. The van der Waals surface area contributed by atoms with Crippen LogP contribution in [0.15, 0.2) is 48.5 Å². The Hall–Kier alpha value is -2.05. The summed E-state index contributed by atoms with van der Waals surface area (Å²) >= 11 is 17.9. The second-order valence-electron chi connectivity index (χ2n) is 10.8. The van der Waals surface area contributed by atoms with Crippen LogP contribution in [-0.4, -0.2) is 49.4 Å². The Morgan fingerprint density at radius 2 is 1.64 bits per heavy atom. The van der Waals surface area contributed by atoms with Crippen molar-refractivity contribution < 1.29 is 9.59 Å². The normalized spacial score (nSPS) is 15.0. The lowest BCUT2D eigenvalue weighted by atomic mass is 9.83. The molecule has 212 valence electrons. The minimum Gasteiger partial charge on any atom is -0.355 e. The van der Waals surface area contributed by atoms with Crippen LogP contribution in [0, 0.1) is 5.92 Å². The van der Waals surface area contributed by atoms with E-state index in [4.69, 9.17) is 34.8 Å². The fraction of sp³-hybridized carbons (Fsp3) is 0.484. The van der Waals surface area contributed by atoms with Crippen LogP contribution in [0.25, 0.3) is 6.08 Å². The first-order chi connectivity index (χ1) is 18.6. The van der Waals surface area contributed by atoms with E-state index in [2.05, 4.69) is 15.5 Å². The van der Waals surface area contributed by atoms with Gasteiger partial charge in [0.2, 0.25) is 11.8 Å². The number of hydrogen-bond donors (Lipinski definition) is 2. The summed E-state index contributed by atoms with van der Waals surface area (Å²) in [5.74, 6) is 0.612. The van der Waals surface area contributed by atoms with E-state index >= 15 is 0 Å². The average Bonchev–Trinajstić information content (AvgIpc) is 2.92. The molecule has 2 aromatic carbocycles. The summed E-state index contributed by atoms with van der Waals surface area (Å²) in [4.78, 5) is 27.4. The summed E-state index contributed by atoms with van der Waals surface area (Å²) in [5.41, 5.74) is 1.22. The third-order valence-electron chi connectivity index (χ3n) is 7.50. The van der Waals surface area contributed by atoms with Crippen LogP contribution >= 0.6 is 34.8 Å². The Kier molecular flexibility index (Phi) is 12.6. The molecule has 0 spiro atoms. The number of piperidine rings is 1. The first-order valence-electron chi connectivity index (χ1n) is 13.8. The molecule has 1 heterocycles. The fourth-order valence-electron chi connectivity index (χ4n) is 4.80. The predicted octanol–water partition coefficient (Wildman–Crippen LogP) is 7.14. The maximum atomic E-state index is 12.8. The molecule has 2 aromatic rings. The molecular weight excluding hydrogens is 553 g/mol. The number of amides is 2. The highest BCUT2D eigenvalue weighted by atomic mass is 35.5. The molecule has 2 amide bonds. The van der Waals surface area contributed by atoms with E-state index in [1.54, 1.807) is 18.2 Å². The molecule has 8 heteroatoms. The molecule has 0 saturated carbocycles. The molecule has 3 rings (SSSR count). The lowest BCUT2D eigenvalue weighted by Crippen LogP contribution is -2.41. The molecule has 39 heavy (non-hydrogen) atoms. The van der Waals surface area contributed by atoms with Gasteiger partial charge < -0.3 is 15.5 Å². The zero-order valence-electron chi connectivity index (χ0n) is 22.9. The van der Waals surface area contributed by atoms with Gasteiger partial charge in [0.05, 0.1) is 15.5 Å². The Morgan fingerprint density at radius 1 is 0.923 bits per heavy atom. The maximum absolute atomic E-state index is 12.8. The Morgan fingerprint density at radius 3 is 2.33 bits per heavy atom. The Labute approximate surface area is 248 Å². The largest absolute Gasteiger partial charge is 0.355 e. The molecular formula is C31H40Cl3N3O2. The SMILES string of the molecule is CC(C)(C(=O)NCCC1CCN(CCCCCNC(=O)/C=C/c2ccc(Cl)c(Cl)c2)CC1)c1ccc(Cl)cc1. The van der Waals surface area contributed by atoms with Gasteiger partial charge in [0.1, 0.15) is 0 Å². The molecule has 2 N–H and O–H groups in total. The van der Waals surface area contributed by atoms with Crippen molar-refractivity contribution >= 4 is 52.7 Å². The van der Waals surface area contributed by atoms with E-state index in [1.165, 1.54) is 18.9 Å². The Balaban J connectivity index is 1.22. The van der Waals surface area contributed by atoms with Crippen LogP contribution in [0.1, 0.15) is 63.5 Å². The van der Waals surface area contributed by atoms with Gasteiger partial charge in [0.15, 0.2) is 0 Å². The lowest BCUT2D eigenvalue weighted by Gasteiger charge is -2.32. The smallest absolute Gasteiger partial charge is 0.243 e. The first-order valence-corrected chi connectivity index (χ1v) is 15.0. The highest BCUT2D eigenvalue weighted by molar-refractivity contribution is 6.42. The van der Waals surface area contributed by atoms with Crippen LogP contribution in [0.3, 0.4) is 0 Å². The quantitative estimate of drug-likeness (QED) is 0.192. The number of unbranched alkanes of at least 4 members (excludes halogenated alkanes) is 2. The molecule has 1 fully saturated rings. The van der Waals surface area contributed by atoms with Gasteiger partial charge in [-0.25, -0.2) is 0 Å². The second-order valence-corrected chi connectivity index (χ2v) is 12.1. The standard InChI is InChI=1S/C31H40Cl3N3O2/c1-31(2,25-8-10-26(32)11-9-25)30(39)36-18-14-23-15-20-37(21-16-23)19-5-3-4-17-35-29(38)13-7-24-6-12-27(33)28(34)22-24/h6-13,22-23H,3-5,14-21H2,1-2H3,(H,35,38)(H,36,39)/b13-7+. The third kappa shape index (κ3) is 10.5. The third-order valence-corrected chi connectivity index (χ3v) is 8.49. The van der Waals surface area contributed by atoms with Crippen LogP contribution in [0.5, 0.6) is 0 Å². The van der Waals surface area contributed by atoms with Crippen molar-refractivity contribution in [3.05, 3.63) is 74.7 Å². The van der Waals surface area contributed by atoms with Gasteiger partial charge in [-0.3, -0.25) is 9.59 Å². The number of benzene rings is 2. The van der Waals surface area contributed by atoms with Gasteiger partial charge in [-0.1, -0.05) is 59.4 Å². The second kappa shape index (κ2) is 15.7. The maximum Gasteiger partial charge on any atom is 0.243 e. The molecule has 1 saturated heterocycles. The van der Waals surface area contributed by atoms with Crippen LogP contribution in [0.2, 0.25) is 15.1 Å². The predicted molar refractivity (Wildman–Crippen MR) is 164 cm³/mol. The molecule has 0 radical (unpaired) electrons. The fourth-order valence-corrected chi connectivity index (χ4v) is 5.24. The van der Waals surface area contributed by atoms with Gasteiger partial charge in [0, 0.05) is 24.2 Å². The van der Waals surface area contributed by atoms with Gasteiger partial charge in [0.25, 0.3) is 0 Å². The molecule has 0 atom stereocenters. The van der Waals surface area contributed by atoms with Crippen LogP contribution < -0.4 is 10.6 Å². The minimum atomic E-state index is -0.584. The molecule has 0 aromatic heterocycles. The molecule has 0 aliphatic carbocycles. The number of nitrogens with zero attached hydrogens (tertiary/aromatic N) is 1. The van der Waals surface area contributed by atoms with Crippen molar-refractivity contribution in [2.75, 3.05) is 32.7 Å². The van der Waals surface area contributed by atoms with E-state index in [0.29, 0.717) is 27.5 Å². The van der Waals surface area contributed by atoms with Crippen molar-refractivity contribution in [2.24, 2.45) is 5.92 Å². The lowest BCUT2D eigenvalue weighted by molar-refractivity contribution is -0.125. The molecule has 5 nitrogen and oxygen atoms in total. The van der Waals surface area contributed by atoms with Crippen molar-refractivity contribution in [2.45, 2.75) is 57.8 Å². The number of nitrogens with one attached hydrogen (secondary N) is 2. The number of carbonyl (C=O) groups excluding carboxylic acids is 2. The highest BCUT2D eigenvalue weighted by Gasteiger charge is 2.29. The zero-order chi connectivity index (χ0) is 28.3. The summed E-state index contributed by atoms with van der Waals surface area (Å²) in [6.07, 6.45) is 9.83. The summed E-state index contributed by atoms with van der Waals surface area (Å²) in [6.45, 7) is 8.63. The monoisotopic (exact) mass is 591 g/mol. The number of rotatable bonds is 13. The van der Waals surface area contributed by atoms with Gasteiger partial charge in [-0.15, -0.1) is 0 Å². The van der Waals surface area contributed by atoms with Crippen LogP contribution in [-0.2, 0) is 15.0 Å². The molecule has 1 aliphatic rings. The Bertz CT molecular complexity index is 1110. The van der Waals surface area contributed by atoms with E-state index < -0.39 is 5.41 Å². The summed E-state index contributed by atoms with van der Waals surface area (Å²) in [6, 6.07) is 12.8. The van der Waals surface area contributed by atoms with E-state index in [1.807, 2.05) is 44.2 Å².